The molecule has 0 spiro atoms. The lowest BCUT2D eigenvalue weighted by molar-refractivity contribution is 0.204. The van der Waals surface area contributed by atoms with Crippen LogP contribution in [0.2, 0.25) is 0 Å². The Bertz CT molecular complexity index is 313. The van der Waals surface area contributed by atoms with E-state index < -0.39 is 0 Å². The number of nitrogens with two attached hydrogens (primary N) is 1. The van der Waals surface area contributed by atoms with Gasteiger partial charge in [0.1, 0.15) is 12.2 Å². The van der Waals surface area contributed by atoms with Gasteiger partial charge in [0.2, 0.25) is 0 Å². The van der Waals surface area contributed by atoms with Crippen LogP contribution in [0.15, 0.2) is 6.33 Å². The SMILES string of the molecule is CN(Cc1ncnn1C)CC(C)(C)CN.Cl.Cl. The molecule has 0 aliphatic heterocycles. The van der Waals surface area contributed by atoms with Crippen molar-refractivity contribution >= 4 is 24.8 Å². The molecule has 0 aliphatic carbocycles. The fourth-order valence-electron chi connectivity index (χ4n) is 1.56. The fourth-order valence-corrected chi connectivity index (χ4v) is 1.56. The van der Waals surface area contributed by atoms with Gasteiger partial charge < -0.3 is 5.73 Å². The van der Waals surface area contributed by atoms with E-state index in [0.717, 1.165) is 18.9 Å². The summed E-state index contributed by atoms with van der Waals surface area (Å²) in [4.78, 5) is 6.41. The summed E-state index contributed by atoms with van der Waals surface area (Å²) in [7, 11) is 3.98. The van der Waals surface area contributed by atoms with Gasteiger partial charge in [-0.1, -0.05) is 13.8 Å². The number of rotatable bonds is 5. The third kappa shape index (κ3) is 6.21. The molecule has 0 amide bonds. The second-order valence-electron chi connectivity index (χ2n) is 4.84. The lowest BCUT2D eigenvalue weighted by atomic mass is 9.93. The summed E-state index contributed by atoms with van der Waals surface area (Å²) in [6, 6.07) is 0. The highest BCUT2D eigenvalue weighted by molar-refractivity contribution is 5.85. The second-order valence-corrected chi connectivity index (χ2v) is 4.84. The van der Waals surface area contributed by atoms with E-state index in [1.54, 1.807) is 11.0 Å². The van der Waals surface area contributed by atoms with E-state index in [4.69, 9.17) is 5.73 Å². The minimum absolute atomic E-state index is 0. The first-order valence-corrected chi connectivity index (χ1v) is 5.16. The lowest BCUT2D eigenvalue weighted by Gasteiger charge is -2.28. The molecule has 0 bridgehead atoms. The van der Waals surface area contributed by atoms with E-state index in [0.29, 0.717) is 6.54 Å². The second kappa shape index (κ2) is 7.87. The first-order chi connectivity index (χ1) is 6.94. The molecule has 7 heteroatoms. The minimum Gasteiger partial charge on any atom is -0.330 e. The molecule has 0 saturated carbocycles. The van der Waals surface area contributed by atoms with Crippen LogP contribution in [0.25, 0.3) is 0 Å². The van der Waals surface area contributed by atoms with Gasteiger partial charge in [-0.25, -0.2) is 4.98 Å². The molecule has 0 aliphatic rings. The Balaban J connectivity index is 0. The maximum absolute atomic E-state index is 5.70. The molecular weight excluding hydrogens is 261 g/mol. The van der Waals surface area contributed by atoms with E-state index in [2.05, 4.69) is 35.9 Å². The van der Waals surface area contributed by atoms with Gasteiger partial charge >= 0.3 is 0 Å². The molecule has 0 fully saturated rings. The third-order valence-corrected chi connectivity index (χ3v) is 2.47. The van der Waals surface area contributed by atoms with E-state index in [-0.39, 0.29) is 30.2 Å². The summed E-state index contributed by atoms with van der Waals surface area (Å²) in [6.45, 7) is 6.78. The van der Waals surface area contributed by atoms with Crippen molar-refractivity contribution in [3.05, 3.63) is 12.2 Å². The average molecular weight is 284 g/mol. The summed E-state index contributed by atoms with van der Waals surface area (Å²) >= 11 is 0. The van der Waals surface area contributed by atoms with Gasteiger partial charge in [0.25, 0.3) is 0 Å². The molecule has 0 radical (unpaired) electrons. The Hall–Kier alpha value is -0.360. The van der Waals surface area contributed by atoms with Crippen molar-refractivity contribution in [1.29, 1.82) is 0 Å². The summed E-state index contributed by atoms with van der Waals surface area (Å²) < 4.78 is 1.80. The monoisotopic (exact) mass is 283 g/mol. The van der Waals surface area contributed by atoms with E-state index in [9.17, 15) is 0 Å². The molecule has 1 rings (SSSR count). The Morgan fingerprint density at radius 2 is 2.00 bits per heavy atom. The van der Waals surface area contributed by atoms with Crippen LogP contribution in [0.1, 0.15) is 19.7 Å². The van der Waals surface area contributed by atoms with Crippen LogP contribution in [-0.2, 0) is 13.6 Å². The average Bonchev–Trinajstić information content (AvgIpc) is 2.51. The Kier molecular flexibility index (Phi) is 8.79. The van der Waals surface area contributed by atoms with Crippen LogP contribution in [-0.4, -0.2) is 39.8 Å². The van der Waals surface area contributed by atoms with Crippen molar-refractivity contribution in [3.8, 4) is 0 Å². The van der Waals surface area contributed by atoms with Gasteiger partial charge in [0.05, 0.1) is 6.54 Å². The lowest BCUT2D eigenvalue weighted by Crippen LogP contribution is -2.36. The Morgan fingerprint density at radius 3 is 2.41 bits per heavy atom. The molecule has 1 aromatic heterocycles. The summed E-state index contributed by atoms with van der Waals surface area (Å²) in [6.07, 6.45) is 1.58. The molecule has 1 heterocycles. The van der Waals surface area contributed by atoms with Gasteiger partial charge in [0, 0.05) is 13.6 Å². The van der Waals surface area contributed by atoms with Gasteiger partial charge in [-0.05, 0) is 19.0 Å². The maximum atomic E-state index is 5.70. The first kappa shape index (κ1) is 19.0. The standard InChI is InChI=1S/C10H21N5.2ClH/c1-10(2,6-11)7-14(3)5-9-12-8-13-15(9)4;;/h8H,5-7,11H2,1-4H3;2*1H. The van der Waals surface area contributed by atoms with Crippen LogP contribution >= 0.6 is 24.8 Å². The van der Waals surface area contributed by atoms with Crippen molar-refractivity contribution in [3.63, 3.8) is 0 Å². The molecule has 2 N–H and O–H groups in total. The van der Waals surface area contributed by atoms with Gasteiger partial charge in [0.15, 0.2) is 0 Å². The van der Waals surface area contributed by atoms with Crippen molar-refractivity contribution in [2.75, 3.05) is 20.1 Å². The number of hydrogen-bond donors (Lipinski definition) is 1. The van der Waals surface area contributed by atoms with Gasteiger partial charge in [-0.15, -0.1) is 24.8 Å². The highest BCUT2D eigenvalue weighted by atomic mass is 35.5. The van der Waals surface area contributed by atoms with Crippen LogP contribution in [0.5, 0.6) is 0 Å². The zero-order valence-corrected chi connectivity index (χ0v) is 12.5. The Morgan fingerprint density at radius 1 is 1.41 bits per heavy atom. The number of halogens is 2. The Labute approximate surface area is 116 Å². The third-order valence-electron chi connectivity index (χ3n) is 2.47. The zero-order valence-electron chi connectivity index (χ0n) is 10.9. The predicted octanol–water partition coefficient (Wildman–Crippen LogP) is 1.08. The van der Waals surface area contributed by atoms with E-state index in [1.807, 2.05) is 7.05 Å². The van der Waals surface area contributed by atoms with Gasteiger partial charge in [-0.3, -0.25) is 9.58 Å². The quantitative estimate of drug-likeness (QED) is 0.879. The largest absolute Gasteiger partial charge is 0.330 e. The highest BCUT2D eigenvalue weighted by Crippen LogP contribution is 2.14. The van der Waals surface area contributed by atoms with E-state index in [1.165, 1.54) is 0 Å². The zero-order chi connectivity index (χ0) is 11.5. The minimum atomic E-state index is 0. The summed E-state index contributed by atoms with van der Waals surface area (Å²) in [5.41, 5.74) is 5.84. The van der Waals surface area contributed by atoms with Gasteiger partial charge in [-0.2, -0.15) is 5.10 Å². The first-order valence-electron chi connectivity index (χ1n) is 5.16. The molecule has 0 atom stereocenters. The van der Waals surface area contributed by atoms with Crippen molar-refractivity contribution in [2.45, 2.75) is 20.4 Å². The maximum Gasteiger partial charge on any atom is 0.140 e. The molecular formula is C10H23Cl2N5. The van der Waals surface area contributed by atoms with Crippen LogP contribution in [0, 0.1) is 5.41 Å². The molecule has 0 saturated heterocycles. The normalized spacial score (nSPS) is 10.9. The van der Waals surface area contributed by atoms with Crippen LogP contribution < -0.4 is 5.73 Å². The molecule has 17 heavy (non-hydrogen) atoms. The van der Waals surface area contributed by atoms with E-state index >= 15 is 0 Å². The molecule has 1 aromatic rings. The molecule has 0 unspecified atom stereocenters. The fraction of sp³-hybridized carbons (Fsp3) is 0.800. The number of hydrogen-bond acceptors (Lipinski definition) is 4. The smallest absolute Gasteiger partial charge is 0.140 e. The highest BCUT2D eigenvalue weighted by Gasteiger charge is 2.18. The molecule has 0 aromatic carbocycles. The van der Waals surface area contributed by atoms with Crippen LogP contribution in [0.3, 0.4) is 0 Å². The number of aromatic nitrogens is 3. The number of nitrogens with zero attached hydrogens (tertiary/aromatic N) is 4. The summed E-state index contributed by atoms with van der Waals surface area (Å²) in [5.74, 6) is 0.977. The van der Waals surface area contributed by atoms with Crippen molar-refractivity contribution in [2.24, 2.45) is 18.2 Å². The summed E-state index contributed by atoms with van der Waals surface area (Å²) in [5, 5.41) is 4.04. The van der Waals surface area contributed by atoms with Crippen LogP contribution in [0.4, 0.5) is 0 Å². The predicted molar refractivity (Wildman–Crippen MR) is 74.7 cm³/mol. The van der Waals surface area contributed by atoms with Crippen molar-refractivity contribution < 1.29 is 0 Å². The van der Waals surface area contributed by atoms with Crippen molar-refractivity contribution in [1.82, 2.24) is 19.7 Å². The topological polar surface area (TPSA) is 60.0 Å². The number of aryl methyl sites for hydroxylation is 1. The molecule has 102 valence electrons. The molecule has 5 nitrogen and oxygen atoms in total.